The average Bonchev–Trinajstić information content (AvgIpc) is 3.20. The Morgan fingerprint density at radius 2 is 1.85 bits per heavy atom. The third-order valence-corrected chi connectivity index (χ3v) is 5.34. The second kappa shape index (κ2) is 7.54. The highest BCUT2D eigenvalue weighted by molar-refractivity contribution is 6.37. The zero-order valence-corrected chi connectivity index (χ0v) is 15.5. The number of imide groups is 1. The van der Waals surface area contributed by atoms with Crippen molar-refractivity contribution in [3.63, 3.8) is 0 Å². The van der Waals surface area contributed by atoms with E-state index in [4.69, 9.17) is 0 Å². The zero-order chi connectivity index (χ0) is 18.8. The summed E-state index contributed by atoms with van der Waals surface area (Å²) in [5, 5.41) is 6.57. The summed E-state index contributed by atoms with van der Waals surface area (Å²) in [4.78, 5) is 32.6. The summed E-state index contributed by atoms with van der Waals surface area (Å²) < 4.78 is 0. The van der Waals surface area contributed by atoms with Crippen LogP contribution in [0.4, 0.5) is 0 Å². The summed E-state index contributed by atoms with van der Waals surface area (Å²) >= 11 is 0. The molecule has 0 radical (unpaired) electrons. The maximum atomic E-state index is 12.4. The molecule has 2 amide bonds. The fourth-order valence-corrected chi connectivity index (χ4v) is 3.75. The Morgan fingerprint density at radius 3 is 2.67 bits per heavy atom. The molecule has 1 saturated heterocycles. The van der Waals surface area contributed by atoms with Gasteiger partial charge in [-0.3, -0.25) is 14.9 Å². The summed E-state index contributed by atoms with van der Waals surface area (Å²) in [6.45, 7) is 6.01. The van der Waals surface area contributed by atoms with Crippen LogP contribution >= 0.6 is 0 Å². The van der Waals surface area contributed by atoms with Crippen molar-refractivity contribution in [2.24, 2.45) is 0 Å². The fraction of sp³-hybridized carbons (Fsp3) is 0.400. The van der Waals surface area contributed by atoms with Crippen LogP contribution in [0.2, 0.25) is 0 Å². The lowest BCUT2D eigenvalue weighted by Crippen LogP contribution is -2.45. The highest BCUT2D eigenvalue weighted by Gasteiger charge is 2.32. The van der Waals surface area contributed by atoms with E-state index < -0.39 is 0 Å². The van der Waals surface area contributed by atoms with E-state index in [0.29, 0.717) is 17.8 Å². The molecule has 3 N–H and O–H groups in total. The van der Waals surface area contributed by atoms with Gasteiger partial charge in [-0.15, -0.1) is 0 Å². The van der Waals surface area contributed by atoms with Crippen LogP contribution in [0.1, 0.15) is 12.0 Å². The third-order valence-electron chi connectivity index (χ3n) is 5.34. The number of aromatic amines is 1. The van der Waals surface area contributed by atoms with E-state index in [2.05, 4.69) is 32.5 Å². The molecular weight excluding hydrogens is 342 g/mol. The molecule has 0 spiro atoms. The number of fused-ring (bicyclic) bond motifs is 1. The number of hydrogen-bond acceptors (Lipinski definition) is 5. The lowest BCUT2D eigenvalue weighted by Gasteiger charge is -2.32. The van der Waals surface area contributed by atoms with Gasteiger partial charge >= 0.3 is 0 Å². The molecule has 7 nitrogen and oxygen atoms in total. The van der Waals surface area contributed by atoms with E-state index in [-0.39, 0.29) is 11.8 Å². The Hall–Kier alpha value is -2.64. The third kappa shape index (κ3) is 3.61. The van der Waals surface area contributed by atoms with Gasteiger partial charge in [-0.05, 0) is 26.1 Å². The van der Waals surface area contributed by atoms with Gasteiger partial charge in [0.15, 0.2) is 0 Å². The summed E-state index contributed by atoms with van der Waals surface area (Å²) in [5.41, 5.74) is 2.51. The molecule has 2 aliphatic heterocycles. The molecule has 2 aromatic rings. The van der Waals surface area contributed by atoms with Crippen molar-refractivity contribution in [2.45, 2.75) is 6.42 Å². The monoisotopic (exact) mass is 367 g/mol. The molecule has 27 heavy (non-hydrogen) atoms. The number of aromatic nitrogens is 1. The molecule has 7 heteroatoms. The predicted molar refractivity (Wildman–Crippen MR) is 105 cm³/mol. The van der Waals surface area contributed by atoms with Crippen molar-refractivity contribution < 1.29 is 9.59 Å². The van der Waals surface area contributed by atoms with Crippen LogP contribution in [0.25, 0.3) is 16.5 Å². The number of piperazine rings is 1. The molecule has 1 aromatic heterocycles. The molecule has 142 valence electrons. The topological polar surface area (TPSA) is 80.5 Å². The molecule has 0 bridgehead atoms. The van der Waals surface area contributed by atoms with Gasteiger partial charge in [0.1, 0.15) is 5.70 Å². The molecule has 0 saturated carbocycles. The van der Waals surface area contributed by atoms with Crippen LogP contribution in [0.5, 0.6) is 0 Å². The Labute approximate surface area is 158 Å². The molecule has 1 aromatic carbocycles. The quantitative estimate of drug-likeness (QED) is 0.519. The van der Waals surface area contributed by atoms with Gasteiger partial charge in [-0.25, -0.2) is 0 Å². The standard InChI is InChI=1S/C20H25N5O2/c1-24-9-11-25(12-10-24)8-4-7-21-18-17(19(26)23-20(18)27)15-13-22-16-6-3-2-5-14(15)16/h2-3,5-6,13,22H,4,7-12H2,1H3,(H2,21,23,26,27). The van der Waals surface area contributed by atoms with Crippen LogP contribution in [-0.2, 0) is 9.59 Å². The summed E-state index contributed by atoms with van der Waals surface area (Å²) in [5.74, 6) is -0.689. The van der Waals surface area contributed by atoms with Gasteiger partial charge in [0.2, 0.25) is 0 Å². The minimum Gasteiger partial charge on any atom is -0.380 e. The fourth-order valence-electron chi connectivity index (χ4n) is 3.75. The molecular formula is C20H25N5O2. The first kappa shape index (κ1) is 17.8. The Kier molecular flexibility index (Phi) is 4.96. The zero-order valence-electron chi connectivity index (χ0n) is 15.5. The van der Waals surface area contributed by atoms with E-state index in [1.807, 2.05) is 24.3 Å². The molecule has 1 fully saturated rings. The lowest BCUT2D eigenvalue weighted by atomic mass is 10.0. The van der Waals surface area contributed by atoms with Gasteiger partial charge in [0, 0.05) is 55.4 Å². The first-order valence-electron chi connectivity index (χ1n) is 9.44. The van der Waals surface area contributed by atoms with E-state index in [9.17, 15) is 9.59 Å². The number of hydrogen-bond donors (Lipinski definition) is 3. The number of rotatable bonds is 6. The second-order valence-corrected chi connectivity index (χ2v) is 7.21. The number of amides is 2. The Bertz CT molecular complexity index is 893. The number of para-hydroxylation sites is 1. The Balaban J connectivity index is 1.46. The number of benzene rings is 1. The minimum absolute atomic E-state index is 0.341. The maximum Gasteiger partial charge on any atom is 0.275 e. The van der Waals surface area contributed by atoms with Gasteiger partial charge in [-0.2, -0.15) is 0 Å². The molecule has 0 atom stereocenters. The number of nitrogens with one attached hydrogen (secondary N) is 3. The summed E-state index contributed by atoms with van der Waals surface area (Å²) in [7, 11) is 2.15. The van der Waals surface area contributed by atoms with Crippen molar-refractivity contribution in [1.29, 1.82) is 0 Å². The highest BCUT2D eigenvalue weighted by atomic mass is 16.2. The van der Waals surface area contributed by atoms with Crippen molar-refractivity contribution in [3.05, 3.63) is 41.7 Å². The number of H-pyrrole nitrogens is 1. The van der Waals surface area contributed by atoms with Crippen LogP contribution in [-0.4, -0.2) is 72.9 Å². The number of carbonyl (C=O) groups excluding carboxylic acids is 2. The molecule has 4 rings (SSSR count). The minimum atomic E-state index is -0.347. The number of carbonyl (C=O) groups is 2. The van der Waals surface area contributed by atoms with Gasteiger partial charge < -0.3 is 20.1 Å². The highest BCUT2D eigenvalue weighted by Crippen LogP contribution is 2.29. The van der Waals surface area contributed by atoms with Crippen LogP contribution in [0.15, 0.2) is 36.2 Å². The Morgan fingerprint density at radius 1 is 1.07 bits per heavy atom. The van der Waals surface area contributed by atoms with E-state index in [0.717, 1.165) is 55.6 Å². The maximum absolute atomic E-state index is 12.4. The average molecular weight is 367 g/mol. The smallest absolute Gasteiger partial charge is 0.275 e. The van der Waals surface area contributed by atoms with Gasteiger partial charge in [0.25, 0.3) is 11.8 Å². The summed E-state index contributed by atoms with van der Waals surface area (Å²) in [6, 6.07) is 7.78. The van der Waals surface area contributed by atoms with E-state index in [1.54, 1.807) is 6.20 Å². The summed E-state index contributed by atoms with van der Waals surface area (Å²) in [6.07, 6.45) is 2.72. The first-order valence-corrected chi connectivity index (χ1v) is 9.44. The molecule has 2 aliphatic rings. The van der Waals surface area contributed by atoms with Crippen molar-refractivity contribution >= 4 is 28.3 Å². The van der Waals surface area contributed by atoms with Gasteiger partial charge in [-0.1, -0.05) is 18.2 Å². The van der Waals surface area contributed by atoms with E-state index >= 15 is 0 Å². The van der Waals surface area contributed by atoms with E-state index in [1.165, 1.54) is 0 Å². The van der Waals surface area contributed by atoms with Gasteiger partial charge in [0.05, 0.1) is 5.57 Å². The molecule has 0 unspecified atom stereocenters. The number of likely N-dealkylation sites (N-methyl/N-ethyl adjacent to an activating group) is 1. The van der Waals surface area contributed by atoms with Crippen LogP contribution in [0.3, 0.4) is 0 Å². The largest absolute Gasteiger partial charge is 0.380 e. The SMILES string of the molecule is CN1CCN(CCCNC2=C(c3c[nH]c4ccccc34)C(=O)NC2=O)CC1. The molecule has 3 heterocycles. The van der Waals surface area contributed by atoms with Crippen molar-refractivity contribution in [2.75, 3.05) is 46.3 Å². The number of nitrogens with zero attached hydrogens (tertiary/aromatic N) is 2. The lowest BCUT2D eigenvalue weighted by molar-refractivity contribution is -0.123. The molecule has 0 aliphatic carbocycles. The second-order valence-electron chi connectivity index (χ2n) is 7.21. The van der Waals surface area contributed by atoms with Crippen LogP contribution in [0, 0.1) is 0 Å². The predicted octanol–water partition coefficient (Wildman–Crippen LogP) is 0.762. The first-order chi connectivity index (χ1) is 13.1. The van der Waals surface area contributed by atoms with Crippen molar-refractivity contribution in [1.82, 2.24) is 25.4 Å². The van der Waals surface area contributed by atoms with Crippen LogP contribution < -0.4 is 10.6 Å². The normalized spacial score (nSPS) is 19.1. The van der Waals surface area contributed by atoms with Crippen molar-refractivity contribution in [3.8, 4) is 0 Å².